The molecule has 45 heteroatoms. The number of fused-ring (bicyclic) bond motifs is 5. The number of nitrogens with zero attached hydrogens (tertiary/aromatic N) is 14. The molecule has 5 aliphatic heterocycles. The highest BCUT2D eigenvalue weighted by molar-refractivity contribution is 14.1. The van der Waals surface area contributed by atoms with E-state index in [1.807, 2.05) is 12.5 Å². The molecule has 0 unspecified atom stereocenters. The quantitative estimate of drug-likeness (QED) is 0.0131. The first-order chi connectivity index (χ1) is 57.5. The number of hydrogen-bond donors (Lipinski definition) is 16. The van der Waals surface area contributed by atoms with Crippen molar-refractivity contribution in [2.75, 3.05) is 139 Å². The van der Waals surface area contributed by atoms with E-state index < -0.39 is 157 Å². The lowest BCUT2D eigenvalue weighted by atomic mass is 10.1. The van der Waals surface area contributed by atoms with Gasteiger partial charge in [0.25, 0.3) is 0 Å². The van der Waals surface area contributed by atoms with Gasteiger partial charge in [-0.3, -0.25) is 22.8 Å². The minimum atomic E-state index is -1.25. The number of aliphatic hydroxyl groups excluding tert-OH is 10. The molecule has 10 aromatic heterocycles. The first kappa shape index (κ1) is 98.5. The van der Waals surface area contributed by atoms with Crippen LogP contribution in [0.1, 0.15) is 69.1 Å². The van der Waals surface area contributed by atoms with Crippen LogP contribution in [-0.4, -0.2) is 357 Å². The molecule has 0 aromatic carbocycles. The maximum Gasteiger partial charge on any atom is 0.207 e. The number of halogens is 2. The van der Waals surface area contributed by atoms with Crippen molar-refractivity contribution in [3.8, 4) is 0 Å². The van der Waals surface area contributed by atoms with E-state index in [-0.39, 0.29) is 5.28 Å². The maximum atomic E-state index is 10.7. The van der Waals surface area contributed by atoms with Crippen LogP contribution in [0.15, 0.2) is 66.5 Å². The molecule has 15 rings (SSSR count). The van der Waals surface area contributed by atoms with E-state index in [9.17, 15) is 51.1 Å². The van der Waals surface area contributed by atoms with Crippen molar-refractivity contribution in [3.05, 3.63) is 81.0 Å². The van der Waals surface area contributed by atoms with Gasteiger partial charge in [-0.05, 0) is 196 Å². The lowest BCUT2D eigenvalue weighted by Gasteiger charge is -2.20. The van der Waals surface area contributed by atoms with Crippen LogP contribution in [0, 0.1) is 8.60 Å². The molecule has 0 radical (unpaired) electrons. The number of aromatic amines is 1. The molecule has 0 spiro atoms. The fourth-order valence-electron chi connectivity index (χ4n) is 14.9. The zero-order valence-corrected chi connectivity index (χ0v) is 80.8. The highest BCUT2D eigenvalue weighted by Gasteiger charge is 2.50. The number of H-pyrrole nitrogens is 1. The zero-order chi connectivity index (χ0) is 90.4. The monoisotopic (exact) mass is 1990 g/mol. The summed E-state index contributed by atoms with van der Waals surface area (Å²) in [6.07, 6.45) is 24.0. The van der Waals surface area contributed by atoms with Crippen LogP contribution < -0.4 is 28.7 Å². The molecular formula is C78H119ClIN20O15P5S3. The summed E-state index contributed by atoms with van der Waals surface area (Å²) in [5.74, 6) is 1.35. The number of hydrogen-bond acceptors (Lipinski definition) is 32. The summed E-state index contributed by atoms with van der Waals surface area (Å²) in [5.41, 5.74) is 37.7. The van der Waals surface area contributed by atoms with E-state index in [4.69, 9.17) is 76.2 Å². The van der Waals surface area contributed by atoms with Gasteiger partial charge in [-0.15, -0.1) is 65.9 Å². The highest BCUT2D eigenvalue weighted by atomic mass is 127. The Bertz CT molecular complexity index is 5590. The Morgan fingerprint density at radius 1 is 0.407 bits per heavy atom. The fourth-order valence-corrected chi connectivity index (χ4v) is 22.0. The van der Waals surface area contributed by atoms with Gasteiger partial charge in [0.2, 0.25) is 5.28 Å². The minimum absolute atomic E-state index is 0.109. The third-order valence-electron chi connectivity index (χ3n) is 21.5. The number of ether oxygens (including phenoxy) is 5. The number of imidazole rings is 5. The average Bonchev–Trinajstić information content (AvgIpc) is 1.61. The lowest BCUT2D eigenvalue weighted by Crippen LogP contribution is -2.32. The summed E-state index contributed by atoms with van der Waals surface area (Å²) >= 11 is 16.6. The normalized spacial score (nSPS) is 27.5. The molecule has 20 atom stereocenters. The van der Waals surface area contributed by atoms with Crippen molar-refractivity contribution in [3.63, 3.8) is 0 Å². The first-order valence-corrected chi connectivity index (χ1v) is 59.4. The number of nitrogens with two attached hydrogens (primary N) is 5. The van der Waals surface area contributed by atoms with Crippen LogP contribution >= 0.6 is 104 Å². The molecule has 10 aromatic rings. The number of aliphatic hydroxyl groups is 10. The Kier molecular flexibility index (Phi) is 32.1. The van der Waals surface area contributed by atoms with Gasteiger partial charge in [-0.1, -0.05) is 11.8 Å². The molecule has 678 valence electrons. The Labute approximate surface area is 747 Å². The van der Waals surface area contributed by atoms with Crippen molar-refractivity contribution >= 4 is 220 Å². The van der Waals surface area contributed by atoms with Gasteiger partial charge >= 0.3 is 0 Å². The van der Waals surface area contributed by atoms with Crippen LogP contribution in [0.3, 0.4) is 0 Å². The average molecular weight is 1990 g/mol. The molecule has 123 heavy (non-hydrogen) atoms. The topological polar surface area (TPSA) is 535 Å². The second-order valence-corrected chi connectivity index (χ2v) is 59.9. The molecule has 0 amide bonds. The van der Waals surface area contributed by atoms with Crippen LogP contribution in [0.5, 0.6) is 0 Å². The summed E-state index contributed by atoms with van der Waals surface area (Å²) < 4.78 is 39.2. The maximum absolute atomic E-state index is 10.7. The minimum Gasteiger partial charge on any atom is -0.397 e. The lowest BCUT2D eigenvalue weighted by molar-refractivity contribution is -0.0400. The van der Waals surface area contributed by atoms with Gasteiger partial charge in [0.05, 0.1) is 64.7 Å². The zero-order valence-electron chi connectivity index (χ0n) is 71.0. The summed E-state index contributed by atoms with van der Waals surface area (Å²) in [6.45, 7) is 15.2. The van der Waals surface area contributed by atoms with Gasteiger partial charge in [-0.2, -0.15) is 11.8 Å². The second kappa shape index (κ2) is 40.1. The fraction of sp³-hybridized carbons (Fsp3) is 0.551. The van der Waals surface area contributed by atoms with Crippen molar-refractivity contribution in [1.82, 2.24) is 72.7 Å². The smallest absolute Gasteiger partial charge is 0.207 e. The van der Waals surface area contributed by atoms with Crippen LogP contribution in [0.2, 0.25) is 5.28 Å². The Hall–Kier alpha value is -5.06. The molecular weight excluding hydrogens is 1870 g/mol. The number of nitrogens with one attached hydrogen (secondary N) is 1. The Morgan fingerprint density at radius 3 is 1.05 bits per heavy atom. The van der Waals surface area contributed by atoms with Gasteiger partial charge in [0.15, 0.2) is 73.1 Å². The molecule has 15 heterocycles. The van der Waals surface area contributed by atoms with E-state index in [2.05, 4.69) is 171 Å². The number of nitrogen functional groups attached to an aromatic ring is 5. The van der Waals surface area contributed by atoms with E-state index >= 15 is 0 Å². The van der Waals surface area contributed by atoms with Gasteiger partial charge in [-0.25, -0.2) is 44.9 Å². The number of thioether (sulfide) groups is 2. The SMILES string of the molecule is C=P(C)(C)CC[C@H]1O[C@@H](n2c(=S)[nH]c3c(N)ccnc32)[C@H](O)[C@@H]1O.C=P(C)(C)CC[C@H]1O[C@@H](n2c(CSC)nc3c(N)ccnc32)[C@H](O)[C@@H]1O.C=P(C)(C)CC[C@H]1O[C@@H](n2c(Cl)nc3c(N)ccnc32)[C@H](O)[C@@H]1O.C=P(C)(C)CC[C@H]1O[C@@H](n2c(I)nc3c(N)ccnc32)[C@H](O)[C@@H]1O.C=P(C)(C)CC[C@H]1O[C@@H](n2c(SC)nc3c(N)ccnc32)[C@H](O)[C@@H]1O. The highest BCUT2D eigenvalue weighted by Crippen LogP contribution is 2.48. The van der Waals surface area contributed by atoms with Crippen molar-refractivity contribution in [2.45, 2.75) is 166 Å². The predicted molar refractivity (Wildman–Crippen MR) is 520 cm³/mol. The summed E-state index contributed by atoms with van der Waals surface area (Å²) in [6, 6.07) is 8.36. The third kappa shape index (κ3) is 22.9. The van der Waals surface area contributed by atoms with Gasteiger partial charge in [0.1, 0.15) is 94.4 Å². The van der Waals surface area contributed by atoms with Crippen molar-refractivity contribution in [1.29, 1.82) is 0 Å². The Balaban J connectivity index is 0.000000150. The molecule has 0 aliphatic carbocycles. The number of aromatic nitrogens is 15. The van der Waals surface area contributed by atoms with Gasteiger partial charge < -0.3 is 108 Å². The molecule has 5 fully saturated rings. The van der Waals surface area contributed by atoms with Crippen molar-refractivity contribution < 1.29 is 74.7 Å². The predicted octanol–water partition coefficient (Wildman–Crippen LogP) is 7.17. The van der Waals surface area contributed by atoms with Crippen LogP contribution in [-0.2, 0) is 29.4 Å². The second-order valence-electron chi connectivity index (χ2n) is 35.0. The van der Waals surface area contributed by atoms with Gasteiger partial charge in [0, 0.05) is 53.6 Å². The van der Waals surface area contributed by atoms with E-state index in [0.29, 0.717) is 136 Å². The molecule has 0 saturated carbocycles. The molecule has 21 N–H and O–H groups in total. The molecule has 0 bridgehead atoms. The number of anilines is 5. The van der Waals surface area contributed by atoms with Crippen LogP contribution in [0.25, 0.3) is 55.8 Å². The molecule has 5 saturated heterocycles. The van der Waals surface area contributed by atoms with E-state index in [1.165, 1.54) is 22.5 Å². The number of pyridine rings is 5. The molecule has 35 nitrogen and oxygen atoms in total. The van der Waals surface area contributed by atoms with Crippen LogP contribution in [0.4, 0.5) is 28.4 Å². The molecule has 5 aliphatic rings. The van der Waals surface area contributed by atoms with E-state index in [1.54, 1.807) is 85.1 Å². The first-order valence-electron chi connectivity index (χ1n) is 39.6. The number of rotatable bonds is 23. The van der Waals surface area contributed by atoms with E-state index in [0.717, 1.165) is 36.6 Å². The summed E-state index contributed by atoms with van der Waals surface area (Å²) in [4.78, 5) is 42.3. The summed E-state index contributed by atoms with van der Waals surface area (Å²) in [5, 5.41) is 105. The Morgan fingerprint density at radius 2 is 0.691 bits per heavy atom. The largest absolute Gasteiger partial charge is 0.397 e. The standard InChI is InChI=1S/C17H27N4O3PS.C16H25N4O3PS.C15H22ClN4O3P.C15H22IN4O3P.C15H23N4O3PS/c1-25(2,3)8-6-11-14(22)15(23)17(24-11)21-12(9-26-4)20-13-10(18)5-7-19-16(13)21;1-24(2,3)8-6-10-12(21)13(22)15(23-10)20-14-11(19-16(20)25-4)9(17)5-7-18-14;2*1-24(2,3)7-5-9-11(21)12(22)14(23-9)20-13-10(19-15(20)16)8(17)4-6-18-13;1-23(2,3)7-5-9-11(20)12(21)14(22-9)19-13-10(18-15(19)24)8(16)4-6-17-13/h5,7,11,14-15,17,22-23H,1,6,8-9H2,2-4H3,(H2,18,19);5,7,10,12-13,15,21-22H,1,6,8H2,2-4H3,(H2,17,18);2*4,6,9,11-12,14,21-22H,1,5,7H2,2-3H3,(H2,17,18);4,6,9,11-12,14,20-21H,1,5,7H2,2-3H3,(H2,16,17)(H,18,24)/t11-,14-,15-,17-;10-,12-,13-,15-;3*9-,11-,12-,14-/m11111/s1. The van der Waals surface area contributed by atoms with Crippen molar-refractivity contribution in [2.24, 2.45) is 0 Å². The third-order valence-corrected chi connectivity index (χ3v) is 31.4. The summed E-state index contributed by atoms with van der Waals surface area (Å²) in [7, 11) is 0.